The van der Waals surface area contributed by atoms with Crippen molar-refractivity contribution < 1.29 is 4.79 Å². The first-order chi connectivity index (χ1) is 9.31. The van der Waals surface area contributed by atoms with E-state index in [1.54, 1.807) is 4.52 Å². The van der Waals surface area contributed by atoms with Crippen molar-refractivity contribution in [2.75, 3.05) is 0 Å². The van der Waals surface area contributed by atoms with Crippen LogP contribution >= 0.6 is 11.3 Å². The lowest BCUT2D eigenvalue weighted by Gasteiger charge is -2.09. The normalized spacial score (nSPS) is 20.2. The number of carbonyl (C=O) groups excluding carboxylic acids is 1. The summed E-state index contributed by atoms with van der Waals surface area (Å²) in [4.78, 5) is 12.9. The predicted molar refractivity (Wildman–Crippen MR) is 70.4 cm³/mol. The van der Waals surface area contributed by atoms with E-state index in [1.807, 2.05) is 0 Å². The lowest BCUT2D eigenvalue weighted by Crippen LogP contribution is -2.32. The molecule has 1 N–H and O–H groups in total. The lowest BCUT2D eigenvalue weighted by atomic mass is 10.2. The topological polar surface area (TPSA) is 72.2 Å². The average molecular weight is 277 g/mol. The van der Waals surface area contributed by atoms with Gasteiger partial charge in [-0.25, -0.2) is 0 Å². The molecule has 0 atom stereocenters. The van der Waals surface area contributed by atoms with Crippen molar-refractivity contribution >= 4 is 22.2 Å². The van der Waals surface area contributed by atoms with Gasteiger partial charge < -0.3 is 5.32 Å². The Bertz CT molecular complexity index is 623. The molecule has 2 fully saturated rings. The Kier molecular flexibility index (Phi) is 2.54. The smallest absolute Gasteiger partial charge is 0.282 e. The van der Waals surface area contributed by atoms with E-state index in [-0.39, 0.29) is 5.91 Å². The molecule has 1 amide bonds. The molecule has 0 saturated heterocycles. The minimum Gasteiger partial charge on any atom is -0.347 e. The van der Waals surface area contributed by atoms with Crippen LogP contribution in [0.5, 0.6) is 0 Å². The van der Waals surface area contributed by atoms with Crippen LogP contribution in [0, 0.1) is 0 Å². The van der Waals surface area contributed by atoms with Crippen molar-refractivity contribution in [2.45, 2.75) is 50.5 Å². The first kappa shape index (κ1) is 11.3. The van der Waals surface area contributed by atoms with E-state index in [4.69, 9.17) is 0 Å². The fourth-order valence-corrected chi connectivity index (χ4v) is 3.39. The number of hydrogen-bond donors (Lipinski definition) is 1. The van der Waals surface area contributed by atoms with Gasteiger partial charge in [0, 0.05) is 12.0 Å². The highest BCUT2D eigenvalue weighted by Crippen LogP contribution is 2.39. The molecule has 2 aromatic rings. The van der Waals surface area contributed by atoms with Gasteiger partial charge in [0.25, 0.3) is 5.91 Å². The van der Waals surface area contributed by atoms with Crippen LogP contribution in [0.2, 0.25) is 0 Å². The van der Waals surface area contributed by atoms with Crippen molar-refractivity contribution in [2.24, 2.45) is 0 Å². The largest absolute Gasteiger partial charge is 0.347 e. The van der Waals surface area contributed by atoms with Gasteiger partial charge >= 0.3 is 0 Å². The molecule has 6 nitrogen and oxygen atoms in total. The summed E-state index contributed by atoms with van der Waals surface area (Å²) in [6.07, 6.45) is 6.90. The summed E-state index contributed by atoms with van der Waals surface area (Å²) < 4.78 is 1.74. The minimum absolute atomic E-state index is 0.0656. The van der Waals surface area contributed by atoms with Gasteiger partial charge in [-0.15, -0.1) is 15.3 Å². The Morgan fingerprint density at radius 3 is 2.74 bits per heavy atom. The predicted octanol–water partition coefficient (Wildman–Crippen LogP) is 1.74. The molecule has 7 heteroatoms. The summed E-state index contributed by atoms with van der Waals surface area (Å²) >= 11 is 1.32. The zero-order valence-corrected chi connectivity index (χ0v) is 11.3. The van der Waals surface area contributed by atoms with Gasteiger partial charge in [-0.3, -0.25) is 4.79 Å². The van der Waals surface area contributed by atoms with Crippen LogP contribution in [0.4, 0.5) is 0 Å². The van der Waals surface area contributed by atoms with Gasteiger partial charge in [-0.2, -0.15) is 4.52 Å². The molecule has 2 heterocycles. The number of aromatic nitrogens is 4. The Morgan fingerprint density at radius 1 is 1.21 bits per heavy atom. The number of carbonyl (C=O) groups is 1. The number of fused-ring (bicyclic) bond motifs is 1. The van der Waals surface area contributed by atoms with E-state index in [0.717, 1.165) is 36.5 Å². The van der Waals surface area contributed by atoms with E-state index in [2.05, 4.69) is 20.6 Å². The Morgan fingerprint density at radius 2 is 2.00 bits per heavy atom. The molecular weight excluding hydrogens is 262 g/mol. The maximum absolute atomic E-state index is 12.1. The molecule has 0 aromatic carbocycles. The molecule has 4 rings (SSSR count). The fraction of sp³-hybridized carbons (Fsp3) is 0.667. The molecule has 2 aliphatic rings. The highest BCUT2D eigenvalue weighted by molar-refractivity contribution is 7.18. The van der Waals surface area contributed by atoms with Gasteiger partial charge in [-0.05, 0) is 25.7 Å². The van der Waals surface area contributed by atoms with E-state index in [1.165, 1.54) is 24.2 Å². The van der Waals surface area contributed by atoms with Crippen molar-refractivity contribution in [3.63, 3.8) is 0 Å². The monoisotopic (exact) mass is 277 g/mol. The maximum atomic E-state index is 12.1. The van der Waals surface area contributed by atoms with E-state index in [9.17, 15) is 4.79 Å². The summed E-state index contributed by atoms with van der Waals surface area (Å²) in [5, 5.41) is 16.2. The standard InChI is InChI=1S/C12H15N5OS/c18-10(13-8-3-1-2-4-8)11-16-17-9(7-5-6-7)14-15-12(17)19-11/h7-8H,1-6H2,(H,13,18). The molecule has 0 bridgehead atoms. The molecule has 19 heavy (non-hydrogen) atoms. The molecule has 0 radical (unpaired) electrons. The number of nitrogens with one attached hydrogen (secondary N) is 1. The second-order valence-corrected chi connectivity index (χ2v) is 6.34. The van der Waals surface area contributed by atoms with Crippen molar-refractivity contribution in [3.05, 3.63) is 10.8 Å². The second-order valence-electron chi connectivity index (χ2n) is 5.39. The summed E-state index contributed by atoms with van der Waals surface area (Å²) in [6.45, 7) is 0. The molecule has 100 valence electrons. The lowest BCUT2D eigenvalue weighted by molar-refractivity contribution is 0.0936. The summed E-state index contributed by atoms with van der Waals surface area (Å²) in [5.41, 5.74) is 0. The highest BCUT2D eigenvalue weighted by Gasteiger charge is 2.30. The minimum atomic E-state index is -0.0656. The maximum Gasteiger partial charge on any atom is 0.282 e. The zero-order valence-electron chi connectivity index (χ0n) is 10.5. The van der Waals surface area contributed by atoms with Crippen LogP contribution in [-0.4, -0.2) is 31.8 Å². The van der Waals surface area contributed by atoms with Crippen LogP contribution in [0.15, 0.2) is 0 Å². The number of rotatable bonds is 3. The molecule has 2 aromatic heterocycles. The molecule has 0 aliphatic heterocycles. The van der Waals surface area contributed by atoms with Crippen LogP contribution in [0.1, 0.15) is 60.1 Å². The first-order valence-corrected chi connectivity index (χ1v) is 7.66. The molecule has 0 spiro atoms. The SMILES string of the molecule is O=C(NC1CCCC1)c1nn2c(C3CC3)nnc2s1. The summed E-state index contributed by atoms with van der Waals surface area (Å²) in [6, 6.07) is 0.324. The third-order valence-corrected chi connectivity index (χ3v) is 4.74. The third-order valence-electron chi connectivity index (χ3n) is 3.84. The zero-order chi connectivity index (χ0) is 12.8. The quantitative estimate of drug-likeness (QED) is 0.927. The second kappa shape index (κ2) is 4.26. The van der Waals surface area contributed by atoms with Gasteiger partial charge in [0.05, 0.1) is 0 Å². The van der Waals surface area contributed by atoms with Crippen LogP contribution < -0.4 is 5.32 Å². The van der Waals surface area contributed by atoms with Gasteiger partial charge in [-0.1, -0.05) is 24.2 Å². The number of nitrogens with zero attached hydrogens (tertiary/aromatic N) is 4. The van der Waals surface area contributed by atoms with Crippen molar-refractivity contribution in [1.29, 1.82) is 0 Å². The van der Waals surface area contributed by atoms with Gasteiger partial charge in [0.1, 0.15) is 0 Å². The molecular formula is C12H15N5OS. The summed E-state index contributed by atoms with van der Waals surface area (Å²) in [5.74, 6) is 1.33. The third kappa shape index (κ3) is 2.01. The van der Waals surface area contributed by atoms with Gasteiger partial charge in [0.2, 0.25) is 9.97 Å². The van der Waals surface area contributed by atoms with E-state index < -0.39 is 0 Å². The van der Waals surface area contributed by atoms with Crippen molar-refractivity contribution in [1.82, 2.24) is 25.1 Å². The molecule has 2 saturated carbocycles. The fourth-order valence-electron chi connectivity index (χ4n) is 2.64. The van der Waals surface area contributed by atoms with Crippen LogP contribution in [0.3, 0.4) is 0 Å². The average Bonchev–Trinajstić information content (AvgIpc) is 2.83. The first-order valence-electron chi connectivity index (χ1n) is 6.84. The highest BCUT2D eigenvalue weighted by atomic mass is 32.1. The van der Waals surface area contributed by atoms with Crippen LogP contribution in [-0.2, 0) is 0 Å². The Balaban J connectivity index is 1.58. The van der Waals surface area contributed by atoms with Crippen LogP contribution in [0.25, 0.3) is 4.96 Å². The van der Waals surface area contributed by atoms with E-state index in [0.29, 0.717) is 17.0 Å². The number of hydrogen-bond acceptors (Lipinski definition) is 5. The summed E-state index contributed by atoms with van der Waals surface area (Å²) in [7, 11) is 0. The van der Waals surface area contributed by atoms with Crippen molar-refractivity contribution in [3.8, 4) is 0 Å². The molecule has 0 unspecified atom stereocenters. The number of amides is 1. The molecule has 2 aliphatic carbocycles. The Hall–Kier alpha value is -1.50. The Labute approximate surface area is 114 Å². The van der Waals surface area contributed by atoms with Gasteiger partial charge in [0.15, 0.2) is 5.82 Å². The van der Waals surface area contributed by atoms with E-state index >= 15 is 0 Å².